The Balaban J connectivity index is 0.000000289. The highest BCUT2D eigenvalue weighted by molar-refractivity contribution is 7.97. The van der Waals surface area contributed by atoms with Crippen LogP contribution in [-0.4, -0.2) is 51.7 Å². The van der Waals surface area contributed by atoms with E-state index in [1.165, 1.54) is 14.7 Å². The van der Waals surface area contributed by atoms with Crippen LogP contribution in [0.5, 0.6) is 17.2 Å². The number of hydrogen-bond donors (Lipinski definition) is 0. The molecule has 0 radical (unpaired) electrons. The van der Waals surface area contributed by atoms with Crippen molar-refractivity contribution < 1.29 is 63.3 Å². The van der Waals surface area contributed by atoms with E-state index in [9.17, 15) is 34.9 Å². The van der Waals surface area contributed by atoms with Crippen LogP contribution in [-0.2, 0) is 35.2 Å². The van der Waals surface area contributed by atoms with E-state index in [1.54, 1.807) is 0 Å². The van der Waals surface area contributed by atoms with E-state index >= 15 is 0 Å². The van der Waals surface area contributed by atoms with Gasteiger partial charge in [0.05, 0.1) is 30.7 Å². The van der Waals surface area contributed by atoms with Gasteiger partial charge in [0.2, 0.25) is 5.82 Å². The van der Waals surface area contributed by atoms with E-state index in [1.807, 2.05) is 0 Å². The second-order valence-electron chi connectivity index (χ2n) is 12.8. The minimum absolute atomic E-state index is 0.153. The molecule has 3 unspecified atom stereocenters. The number of rotatable bonds is 10. The van der Waals surface area contributed by atoms with Crippen molar-refractivity contribution in [2.75, 3.05) is 19.8 Å². The van der Waals surface area contributed by atoms with Gasteiger partial charge < -0.3 is 33.0 Å². The third-order valence-corrected chi connectivity index (χ3v) is 11.9. The third-order valence-electron chi connectivity index (χ3n) is 8.81. The molecular formula is C39H39F5O9S2. The summed E-state index contributed by atoms with van der Waals surface area (Å²) in [5, 5.41) is 0. The van der Waals surface area contributed by atoms with Gasteiger partial charge in [0.1, 0.15) is 32.3 Å². The maximum Gasteiger partial charge on any atom is 0.200 e. The van der Waals surface area contributed by atoms with Gasteiger partial charge in [0.15, 0.2) is 56.8 Å². The van der Waals surface area contributed by atoms with E-state index in [2.05, 4.69) is 72.8 Å². The Morgan fingerprint density at radius 3 is 1.04 bits per heavy atom. The Morgan fingerprint density at radius 1 is 0.491 bits per heavy atom. The van der Waals surface area contributed by atoms with Gasteiger partial charge in [-0.25, -0.2) is 30.4 Å². The predicted octanol–water partition coefficient (Wildman–Crippen LogP) is 8.78. The highest BCUT2D eigenvalue weighted by atomic mass is 32.2. The van der Waals surface area contributed by atoms with E-state index in [4.69, 9.17) is 28.4 Å². The normalized spacial score (nSPS) is 20.8. The van der Waals surface area contributed by atoms with Crippen molar-refractivity contribution in [1.29, 1.82) is 0 Å². The second-order valence-corrected chi connectivity index (χ2v) is 16.2. The molecule has 7 rings (SSSR count). The van der Waals surface area contributed by atoms with Gasteiger partial charge in [-0.3, -0.25) is 0 Å². The van der Waals surface area contributed by atoms with Crippen LogP contribution in [0.4, 0.5) is 22.0 Å². The fourth-order valence-corrected chi connectivity index (χ4v) is 8.70. The molecule has 3 atom stereocenters. The van der Waals surface area contributed by atoms with Crippen LogP contribution >= 0.6 is 0 Å². The molecular weight excluding hydrogens is 772 g/mol. The van der Waals surface area contributed by atoms with Crippen molar-refractivity contribution in [1.82, 2.24) is 0 Å². The van der Waals surface area contributed by atoms with Gasteiger partial charge in [-0.05, 0) is 111 Å². The van der Waals surface area contributed by atoms with Gasteiger partial charge in [-0.15, -0.1) is 0 Å². The molecule has 4 aromatic carbocycles. The Labute approximate surface area is 318 Å². The summed E-state index contributed by atoms with van der Waals surface area (Å²) in [5.74, 6) is -10.3. The van der Waals surface area contributed by atoms with Crippen LogP contribution < -0.4 is 14.2 Å². The zero-order valence-electron chi connectivity index (χ0n) is 29.5. The Morgan fingerprint density at radius 2 is 0.782 bits per heavy atom. The lowest BCUT2D eigenvalue weighted by atomic mass is 10.2. The molecule has 0 bridgehead atoms. The van der Waals surface area contributed by atoms with Gasteiger partial charge >= 0.3 is 0 Å². The van der Waals surface area contributed by atoms with Crippen molar-refractivity contribution in [3.05, 3.63) is 102 Å². The molecule has 0 amide bonds. The molecule has 296 valence electrons. The summed E-state index contributed by atoms with van der Waals surface area (Å²) in [7, 11) is -6.09. The first-order chi connectivity index (χ1) is 26.5. The highest BCUT2D eigenvalue weighted by Gasteiger charge is 2.31. The molecule has 9 nitrogen and oxygen atoms in total. The van der Waals surface area contributed by atoms with Crippen LogP contribution in [0.15, 0.2) is 92.4 Å². The lowest BCUT2D eigenvalue weighted by Crippen LogP contribution is -2.25. The maximum absolute atomic E-state index is 12.6. The largest absolute Gasteiger partial charge is 0.744 e. The van der Waals surface area contributed by atoms with Crippen LogP contribution in [0, 0.1) is 29.1 Å². The first kappa shape index (κ1) is 40.7. The first-order valence-corrected chi connectivity index (χ1v) is 20.5. The van der Waals surface area contributed by atoms with Gasteiger partial charge in [-0.1, -0.05) is 0 Å². The van der Waals surface area contributed by atoms with Gasteiger partial charge in [0, 0.05) is 19.3 Å². The smallest absolute Gasteiger partial charge is 0.200 e. The number of halogens is 5. The van der Waals surface area contributed by atoms with Crippen LogP contribution in [0.3, 0.4) is 0 Å². The molecule has 3 saturated heterocycles. The predicted molar refractivity (Wildman–Crippen MR) is 188 cm³/mol. The molecule has 0 aliphatic carbocycles. The van der Waals surface area contributed by atoms with Crippen LogP contribution in [0.2, 0.25) is 0 Å². The summed E-state index contributed by atoms with van der Waals surface area (Å²) >= 11 is 0. The molecule has 55 heavy (non-hydrogen) atoms. The Bertz CT molecular complexity index is 1790. The zero-order valence-corrected chi connectivity index (χ0v) is 31.2. The minimum atomic E-state index is -5.77. The minimum Gasteiger partial charge on any atom is -0.744 e. The van der Waals surface area contributed by atoms with Crippen LogP contribution in [0.1, 0.15) is 57.8 Å². The molecule has 0 spiro atoms. The van der Waals surface area contributed by atoms with Crippen molar-refractivity contribution in [2.45, 2.75) is 96.2 Å². The Kier molecular flexibility index (Phi) is 13.9. The van der Waals surface area contributed by atoms with Crippen molar-refractivity contribution >= 4 is 21.0 Å². The maximum atomic E-state index is 12.6. The standard InChI is InChI=1S/C33H39O6S.C6HF5O3S/c1-4-22-34-31(7-1)37-25-10-16-28(17-11-25)40(29-18-12-26(13-19-29)38-32-8-2-5-23-35-32)30-20-14-27(15-21-30)39-33-9-3-6-24-36-33;7-1-2(8)4(10)6(15(12,13)14)5(11)3(1)9/h10-21,31-33H,1-9,22-24H2;(H,12,13,14)/q+1;/p-1. The van der Waals surface area contributed by atoms with Crippen molar-refractivity contribution in [3.63, 3.8) is 0 Å². The summed E-state index contributed by atoms with van der Waals surface area (Å²) in [6.07, 6.45) is 9.11. The van der Waals surface area contributed by atoms with E-state index < -0.39 is 44.1 Å². The Hall–Kier alpha value is -3.93. The number of hydrogen-bond acceptors (Lipinski definition) is 9. The van der Waals surface area contributed by atoms with E-state index in [0.717, 1.165) is 94.9 Å². The second kappa shape index (κ2) is 18.8. The molecule has 3 heterocycles. The fraction of sp³-hybridized carbons (Fsp3) is 0.385. The van der Waals surface area contributed by atoms with Gasteiger partial charge in [0.25, 0.3) is 0 Å². The van der Waals surface area contributed by atoms with Crippen molar-refractivity contribution in [3.8, 4) is 17.2 Å². The average Bonchev–Trinajstić information content (AvgIpc) is 3.19. The molecule has 16 heteroatoms. The molecule has 3 fully saturated rings. The lowest BCUT2D eigenvalue weighted by Gasteiger charge is -2.23. The molecule has 4 aromatic rings. The summed E-state index contributed by atoms with van der Waals surface area (Å²) < 4.78 is 128. The first-order valence-electron chi connectivity index (χ1n) is 17.8. The summed E-state index contributed by atoms with van der Waals surface area (Å²) in [6.45, 7) is 2.31. The summed E-state index contributed by atoms with van der Waals surface area (Å²) in [5.41, 5.74) is 0. The average molecular weight is 811 g/mol. The topological polar surface area (TPSA) is 113 Å². The zero-order chi connectivity index (χ0) is 39.0. The fourth-order valence-electron chi connectivity index (χ4n) is 6.04. The summed E-state index contributed by atoms with van der Waals surface area (Å²) in [6, 6.07) is 25.4. The van der Waals surface area contributed by atoms with Crippen molar-refractivity contribution in [2.24, 2.45) is 0 Å². The quantitative estimate of drug-likeness (QED) is 0.0510. The third kappa shape index (κ3) is 10.7. The lowest BCUT2D eigenvalue weighted by molar-refractivity contribution is -0.106. The van der Waals surface area contributed by atoms with E-state index in [0.29, 0.717) is 0 Å². The molecule has 3 aliphatic rings. The number of benzene rings is 4. The SMILES string of the molecule is O=S(=O)([O-])c1c(F)c(F)c(F)c(F)c1F.c1cc([S+](c2ccc(OC3CCCCO3)cc2)c2ccc(OC3CCCCO3)cc2)ccc1OC1CCCCO1. The summed E-state index contributed by atoms with van der Waals surface area (Å²) in [4.78, 5) is 1.26. The molecule has 0 N–H and O–H groups in total. The van der Waals surface area contributed by atoms with Crippen LogP contribution in [0.25, 0.3) is 0 Å². The monoisotopic (exact) mass is 810 g/mol. The molecule has 3 aliphatic heterocycles. The number of ether oxygens (including phenoxy) is 6. The highest BCUT2D eigenvalue weighted by Crippen LogP contribution is 2.35. The van der Waals surface area contributed by atoms with E-state index in [-0.39, 0.29) is 29.8 Å². The molecule has 0 saturated carbocycles. The van der Waals surface area contributed by atoms with Gasteiger partial charge in [-0.2, -0.15) is 0 Å². The molecule has 0 aromatic heterocycles.